The van der Waals surface area contributed by atoms with Crippen LogP contribution in [0.2, 0.25) is 0 Å². The van der Waals surface area contributed by atoms with E-state index in [1.807, 2.05) is 12.1 Å². The molecule has 16 aromatic carbocycles. The number of aromatic nitrogens is 6. The second kappa shape index (κ2) is 21.9. The Morgan fingerprint density at radius 2 is 0.755 bits per heavy atom. The first-order valence-corrected chi connectivity index (χ1v) is 37.1. The summed E-state index contributed by atoms with van der Waals surface area (Å²) in [5.41, 5.74) is 16.9. The normalized spacial score (nSPS) is 12.7. The molecule has 0 spiro atoms. The molecular weight excluding hydrogens is 1340 g/mol. The molecule has 0 amide bonds. The zero-order valence-corrected chi connectivity index (χ0v) is 57.7. The molecule has 6 aromatic heterocycles. The predicted octanol–water partition coefficient (Wildman–Crippen LogP) is 26.4. The van der Waals surface area contributed by atoms with Crippen molar-refractivity contribution in [3.63, 3.8) is 0 Å². The Balaban J connectivity index is 0.692. The Hall–Kier alpha value is -13.8. The van der Waals surface area contributed by atoms with Crippen LogP contribution in [0.3, 0.4) is 0 Å². The van der Waals surface area contributed by atoms with Crippen LogP contribution in [-0.2, 0) is 0 Å². The summed E-state index contributed by atoms with van der Waals surface area (Å²) in [5, 5.41) is 17.4. The van der Waals surface area contributed by atoms with E-state index in [1.54, 1.807) is 22.7 Å². The van der Waals surface area contributed by atoms with Crippen molar-refractivity contribution in [1.29, 1.82) is 0 Å². The minimum Gasteiger partial charge on any atom is -0.456 e. The number of hydrogen-bond acceptors (Lipinski definition) is 12. The molecule has 0 radical (unpaired) electrons. The maximum Gasteiger partial charge on any atom is 0.238 e. The Morgan fingerprint density at radius 3 is 1.50 bits per heavy atom. The molecule has 2 aliphatic rings. The highest BCUT2D eigenvalue weighted by atomic mass is 32.1. The number of thiophene rings is 2. The lowest BCUT2D eigenvalue weighted by Gasteiger charge is -2.33. The first-order chi connectivity index (χ1) is 52.5. The molecule has 22 aromatic rings. The van der Waals surface area contributed by atoms with Gasteiger partial charge in [-0.05, 0) is 123 Å². The standard InChI is InChI=1S/C94H50N8O2S2/c1-3-23-57-51(18-1)42-45-62-61-28-11-20-53-21-12-35-73(81(53)61)101(85(57)62)93-97-89(95-90(98-93)69-32-17-41-80-84(69)67-27-7-10-40-79(67)105-80)68-31-16-38-76-83(68)66-47-44-54(50-77(66)103-76)56-48-55-22-13-36-74-82(55)72(49-56)63-46-43-52-19-2-4-24-58(52)86(63)102(74)94-99-91(70-33-14-29-64-59-25-5-8-37-75(59)104-87(64)70)96-92(100-94)71-34-15-30-65-60-26-6-9-39-78(60)106-88(65)71/h1-50H. The van der Waals surface area contributed by atoms with Crippen LogP contribution in [-0.4, -0.2) is 29.9 Å². The van der Waals surface area contributed by atoms with E-state index in [4.69, 9.17) is 38.7 Å². The van der Waals surface area contributed by atoms with Gasteiger partial charge in [0.2, 0.25) is 11.9 Å². The first kappa shape index (κ1) is 57.8. The van der Waals surface area contributed by atoms with Crippen molar-refractivity contribution in [1.82, 2.24) is 29.9 Å². The fraction of sp³-hybridized carbons (Fsp3) is 0. The van der Waals surface area contributed by atoms with Gasteiger partial charge in [-0.15, -0.1) is 22.7 Å². The third-order valence-electron chi connectivity index (χ3n) is 21.8. The van der Waals surface area contributed by atoms with Gasteiger partial charge in [0.05, 0.1) is 28.3 Å². The van der Waals surface area contributed by atoms with Crippen molar-refractivity contribution < 1.29 is 8.83 Å². The van der Waals surface area contributed by atoms with Crippen molar-refractivity contribution in [2.45, 2.75) is 0 Å². The van der Waals surface area contributed by atoms with Gasteiger partial charge in [-0.2, -0.15) is 19.9 Å². The summed E-state index contributed by atoms with van der Waals surface area (Å²) < 4.78 is 18.5. The van der Waals surface area contributed by atoms with Crippen molar-refractivity contribution in [2.75, 3.05) is 9.80 Å². The van der Waals surface area contributed by atoms with E-state index in [0.29, 0.717) is 35.2 Å². The maximum atomic E-state index is 7.10. The van der Waals surface area contributed by atoms with Gasteiger partial charge >= 0.3 is 0 Å². The minimum absolute atomic E-state index is 0.493. The maximum absolute atomic E-state index is 7.10. The summed E-state index contributed by atoms with van der Waals surface area (Å²) in [6.45, 7) is 0. The highest BCUT2D eigenvalue weighted by Gasteiger charge is 2.35. The number of rotatable bonds is 7. The lowest BCUT2D eigenvalue weighted by atomic mass is 9.86. The highest BCUT2D eigenvalue weighted by Crippen LogP contribution is 2.57. The van der Waals surface area contributed by atoms with Gasteiger partial charge in [-0.3, -0.25) is 9.80 Å². The van der Waals surface area contributed by atoms with Crippen molar-refractivity contribution in [3.05, 3.63) is 303 Å². The van der Waals surface area contributed by atoms with Gasteiger partial charge in [-0.1, -0.05) is 224 Å². The molecule has 12 heteroatoms. The van der Waals surface area contributed by atoms with Crippen LogP contribution < -0.4 is 9.80 Å². The molecule has 0 atom stereocenters. The molecule has 0 unspecified atom stereocenters. The molecule has 0 bridgehead atoms. The molecule has 0 N–H and O–H groups in total. The summed E-state index contributed by atoms with van der Waals surface area (Å²) in [6.07, 6.45) is 0. The predicted molar refractivity (Wildman–Crippen MR) is 438 cm³/mol. The van der Waals surface area contributed by atoms with Crippen LogP contribution in [0.4, 0.5) is 34.6 Å². The fourth-order valence-corrected chi connectivity index (χ4v) is 19.5. The van der Waals surface area contributed by atoms with Gasteiger partial charge in [0.25, 0.3) is 0 Å². The fourth-order valence-electron chi connectivity index (χ4n) is 17.2. The smallest absolute Gasteiger partial charge is 0.238 e. The molecule has 8 heterocycles. The first-order valence-electron chi connectivity index (χ1n) is 35.5. The van der Waals surface area contributed by atoms with E-state index in [1.165, 1.54) is 30.4 Å². The lowest BCUT2D eigenvalue weighted by molar-refractivity contribution is 0.669. The van der Waals surface area contributed by atoms with Gasteiger partial charge in [0.1, 0.15) is 22.3 Å². The van der Waals surface area contributed by atoms with Gasteiger partial charge in [0.15, 0.2) is 23.3 Å². The largest absolute Gasteiger partial charge is 0.456 e. The average Bonchev–Trinajstić information content (AvgIpc) is 1.06. The Morgan fingerprint density at radius 1 is 0.245 bits per heavy atom. The lowest BCUT2D eigenvalue weighted by Crippen LogP contribution is -2.19. The SMILES string of the molecule is c1ccc2c3c(ccc2c1)-c1cc(-c2ccc4c(c2)oc2cccc(-c5nc(-c6cccc7sc8ccccc8c67)nc(N6c7c(ccc8ccccc78)-c7cccc8cccc6c78)n5)c24)cc2cccc(c12)N3c1nc(-c2cccc3c2oc2ccccc23)nc(-c2cccc3c2sc2ccccc23)n1. The Labute approximate surface area is 611 Å². The van der Waals surface area contributed by atoms with Crippen molar-refractivity contribution >= 4 is 185 Å². The number of anilines is 6. The molecular formula is C94H50N8O2S2. The molecule has 0 saturated carbocycles. The second-order valence-electron chi connectivity index (χ2n) is 27.5. The summed E-state index contributed by atoms with van der Waals surface area (Å²) in [7, 11) is 0. The Kier molecular flexibility index (Phi) is 11.9. The second-order valence-corrected chi connectivity index (χ2v) is 29.6. The third kappa shape index (κ3) is 8.30. The molecule has 0 fully saturated rings. The number of fused-ring (bicyclic) bond motifs is 20. The average molecular weight is 1390 g/mol. The minimum atomic E-state index is 0.493. The van der Waals surface area contributed by atoms with Crippen LogP contribution in [0.25, 0.3) is 206 Å². The van der Waals surface area contributed by atoms with Crippen LogP contribution >= 0.6 is 22.7 Å². The van der Waals surface area contributed by atoms with E-state index in [0.717, 1.165) is 175 Å². The topological polar surface area (TPSA) is 110 Å². The van der Waals surface area contributed by atoms with Crippen LogP contribution in [0, 0.1) is 0 Å². The summed E-state index contributed by atoms with van der Waals surface area (Å²) in [5.74, 6) is 3.21. The summed E-state index contributed by atoms with van der Waals surface area (Å²) >= 11 is 3.55. The summed E-state index contributed by atoms with van der Waals surface area (Å²) in [6, 6.07) is 108. The molecule has 2 aliphatic heterocycles. The molecule has 106 heavy (non-hydrogen) atoms. The van der Waals surface area contributed by atoms with Crippen molar-refractivity contribution in [3.8, 4) is 78.9 Å². The number of furan rings is 2. The van der Waals surface area contributed by atoms with E-state index < -0.39 is 0 Å². The number of benzene rings is 16. The zero-order chi connectivity index (χ0) is 69.0. The monoisotopic (exact) mass is 1390 g/mol. The zero-order valence-electron chi connectivity index (χ0n) is 56.1. The third-order valence-corrected chi connectivity index (χ3v) is 24.2. The van der Waals surface area contributed by atoms with Gasteiger partial charge < -0.3 is 8.83 Å². The molecule has 490 valence electrons. The van der Waals surface area contributed by atoms with Crippen LogP contribution in [0.5, 0.6) is 0 Å². The van der Waals surface area contributed by atoms with Crippen molar-refractivity contribution in [2.24, 2.45) is 0 Å². The Bertz CT molecular complexity index is 7520. The van der Waals surface area contributed by atoms with E-state index in [-0.39, 0.29) is 0 Å². The van der Waals surface area contributed by atoms with Crippen LogP contribution in [0.1, 0.15) is 0 Å². The molecule has 0 aliphatic carbocycles. The number of para-hydroxylation sites is 2. The van der Waals surface area contributed by atoms with Gasteiger partial charge in [-0.25, -0.2) is 9.97 Å². The highest BCUT2D eigenvalue weighted by molar-refractivity contribution is 7.26. The number of nitrogens with zero attached hydrogens (tertiary/aromatic N) is 8. The molecule has 10 nitrogen and oxygen atoms in total. The van der Waals surface area contributed by atoms with E-state index >= 15 is 0 Å². The summed E-state index contributed by atoms with van der Waals surface area (Å²) in [4.78, 5) is 38.3. The van der Waals surface area contributed by atoms with Gasteiger partial charge in [0, 0.05) is 111 Å². The molecule has 24 rings (SSSR count). The van der Waals surface area contributed by atoms with Crippen LogP contribution in [0.15, 0.2) is 312 Å². The van der Waals surface area contributed by atoms with E-state index in [9.17, 15) is 0 Å². The molecule has 0 saturated heterocycles. The van der Waals surface area contributed by atoms with E-state index in [2.05, 4.69) is 301 Å². The number of hydrogen-bond donors (Lipinski definition) is 0. The quantitative estimate of drug-likeness (QED) is 0.153.